The van der Waals surface area contributed by atoms with Crippen molar-refractivity contribution in [2.24, 2.45) is 0 Å². The Bertz CT molecular complexity index is 131. The highest BCUT2D eigenvalue weighted by atomic mass is 16.5. The van der Waals surface area contributed by atoms with Crippen molar-refractivity contribution >= 4 is 0 Å². The second-order valence-electron chi connectivity index (χ2n) is 3.54. The molecule has 1 unspecified atom stereocenters. The Morgan fingerprint density at radius 3 is 3.00 bits per heavy atom. The lowest BCUT2D eigenvalue weighted by atomic mass is 10.1. The van der Waals surface area contributed by atoms with Gasteiger partial charge in [0.1, 0.15) is 0 Å². The van der Waals surface area contributed by atoms with E-state index in [1.54, 1.807) is 0 Å². The first-order valence-electron chi connectivity index (χ1n) is 4.20. The number of morpholine rings is 1. The predicted octanol–water partition coefficient (Wildman–Crippen LogP) is 0.917. The molecule has 1 N–H and O–H groups in total. The molecule has 0 bridgehead atoms. The van der Waals surface area contributed by atoms with Gasteiger partial charge in [0, 0.05) is 11.6 Å². The Hall–Kier alpha value is -0.0800. The fraction of sp³-hybridized carbons (Fsp3) is 1.00. The molecule has 1 atom stereocenters. The van der Waals surface area contributed by atoms with E-state index in [9.17, 15) is 0 Å². The van der Waals surface area contributed by atoms with Gasteiger partial charge in [0.15, 0.2) is 0 Å². The second-order valence-corrected chi connectivity index (χ2v) is 3.54. The van der Waals surface area contributed by atoms with E-state index in [2.05, 4.69) is 12.2 Å². The van der Waals surface area contributed by atoms with Gasteiger partial charge in [-0.05, 0) is 19.3 Å². The van der Waals surface area contributed by atoms with Crippen molar-refractivity contribution in [3.8, 4) is 0 Å². The molecule has 0 radical (unpaired) electrons. The molecule has 0 aromatic carbocycles. The van der Waals surface area contributed by atoms with Crippen LogP contribution in [-0.2, 0) is 4.74 Å². The summed E-state index contributed by atoms with van der Waals surface area (Å²) in [4.78, 5) is 0. The SMILES string of the molecule is CCC1COCC2(CC2)N1. The van der Waals surface area contributed by atoms with E-state index in [1.807, 2.05) is 0 Å². The van der Waals surface area contributed by atoms with E-state index >= 15 is 0 Å². The molecule has 1 saturated carbocycles. The zero-order valence-electron chi connectivity index (χ0n) is 6.52. The molecule has 2 heteroatoms. The maximum absolute atomic E-state index is 5.49. The highest BCUT2D eigenvalue weighted by Crippen LogP contribution is 2.38. The van der Waals surface area contributed by atoms with Crippen molar-refractivity contribution in [2.75, 3.05) is 13.2 Å². The maximum atomic E-state index is 5.49. The summed E-state index contributed by atoms with van der Waals surface area (Å²) in [7, 11) is 0. The third-order valence-corrected chi connectivity index (χ3v) is 2.55. The Morgan fingerprint density at radius 2 is 2.40 bits per heavy atom. The molecule has 2 aliphatic rings. The molecular formula is C8H15NO. The van der Waals surface area contributed by atoms with Crippen molar-refractivity contribution in [1.29, 1.82) is 0 Å². The Kier molecular flexibility index (Phi) is 1.46. The average Bonchev–Trinajstić information content (AvgIpc) is 2.70. The monoisotopic (exact) mass is 141 g/mol. The van der Waals surface area contributed by atoms with Gasteiger partial charge in [-0.1, -0.05) is 6.92 Å². The molecule has 2 rings (SSSR count). The number of ether oxygens (including phenoxy) is 1. The number of nitrogens with one attached hydrogen (secondary N) is 1. The molecule has 1 spiro atoms. The fourth-order valence-electron chi connectivity index (χ4n) is 1.57. The molecule has 2 nitrogen and oxygen atoms in total. The first-order chi connectivity index (χ1) is 4.85. The summed E-state index contributed by atoms with van der Waals surface area (Å²) in [6, 6.07) is 0.622. The Morgan fingerprint density at radius 1 is 1.60 bits per heavy atom. The van der Waals surface area contributed by atoms with Crippen molar-refractivity contribution in [3.05, 3.63) is 0 Å². The molecule has 0 aromatic rings. The lowest BCUT2D eigenvalue weighted by molar-refractivity contribution is 0.0357. The topological polar surface area (TPSA) is 21.3 Å². The molecule has 2 fully saturated rings. The van der Waals surface area contributed by atoms with Crippen molar-refractivity contribution in [2.45, 2.75) is 37.8 Å². The largest absolute Gasteiger partial charge is 0.378 e. The summed E-state index contributed by atoms with van der Waals surface area (Å²) in [5, 5.41) is 3.63. The predicted molar refractivity (Wildman–Crippen MR) is 40.0 cm³/mol. The minimum atomic E-state index is 0.429. The van der Waals surface area contributed by atoms with Crippen LogP contribution >= 0.6 is 0 Å². The van der Waals surface area contributed by atoms with E-state index in [0.717, 1.165) is 13.2 Å². The van der Waals surface area contributed by atoms with E-state index < -0.39 is 0 Å². The van der Waals surface area contributed by atoms with Gasteiger partial charge in [-0.15, -0.1) is 0 Å². The fourth-order valence-corrected chi connectivity index (χ4v) is 1.57. The highest BCUT2D eigenvalue weighted by molar-refractivity contribution is 5.05. The summed E-state index contributed by atoms with van der Waals surface area (Å²) >= 11 is 0. The smallest absolute Gasteiger partial charge is 0.0649 e. The van der Waals surface area contributed by atoms with Crippen molar-refractivity contribution in [3.63, 3.8) is 0 Å². The first kappa shape index (κ1) is 6.62. The number of rotatable bonds is 1. The van der Waals surface area contributed by atoms with Gasteiger partial charge in [0.2, 0.25) is 0 Å². The summed E-state index contributed by atoms with van der Waals surface area (Å²) < 4.78 is 5.49. The lowest BCUT2D eigenvalue weighted by Crippen LogP contribution is -2.50. The van der Waals surface area contributed by atoms with Crippen LogP contribution in [0.4, 0.5) is 0 Å². The van der Waals surface area contributed by atoms with Crippen LogP contribution in [0.25, 0.3) is 0 Å². The molecular weight excluding hydrogens is 126 g/mol. The Labute approximate surface area is 61.9 Å². The molecule has 58 valence electrons. The van der Waals surface area contributed by atoms with Crippen LogP contribution < -0.4 is 5.32 Å². The van der Waals surface area contributed by atoms with Gasteiger partial charge in [0.05, 0.1) is 13.2 Å². The first-order valence-corrected chi connectivity index (χ1v) is 4.20. The van der Waals surface area contributed by atoms with Gasteiger partial charge in [0.25, 0.3) is 0 Å². The third kappa shape index (κ3) is 1.06. The summed E-state index contributed by atoms with van der Waals surface area (Å²) in [6.45, 7) is 4.07. The van der Waals surface area contributed by atoms with E-state index in [-0.39, 0.29) is 0 Å². The van der Waals surface area contributed by atoms with Gasteiger partial charge >= 0.3 is 0 Å². The van der Waals surface area contributed by atoms with E-state index in [4.69, 9.17) is 4.74 Å². The molecule has 1 aliphatic heterocycles. The second kappa shape index (κ2) is 2.21. The van der Waals surface area contributed by atoms with Crippen LogP contribution in [0.15, 0.2) is 0 Å². The number of hydrogen-bond donors (Lipinski definition) is 1. The van der Waals surface area contributed by atoms with Crippen LogP contribution in [0, 0.1) is 0 Å². The van der Waals surface area contributed by atoms with E-state index in [1.165, 1.54) is 19.3 Å². The third-order valence-electron chi connectivity index (χ3n) is 2.55. The van der Waals surface area contributed by atoms with Crippen LogP contribution in [0.3, 0.4) is 0 Å². The molecule has 0 aromatic heterocycles. The molecule has 10 heavy (non-hydrogen) atoms. The minimum Gasteiger partial charge on any atom is -0.378 e. The summed E-state index contributed by atoms with van der Waals surface area (Å²) in [6.07, 6.45) is 3.84. The quantitative estimate of drug-likeness (QED) is 0.586. The average molecular weight is 141 g/mol. The van der Waals surface area contributed by atoms with Crippen molar-refractivity contribution < 1.29 is 4.74 Å². The van der Waals surface area contributed by atoms with Gasteiger partial charge in [-0.2, -0.15) is 0 Å². The standard InChI is InChI=1S/C8H15NO/c1-2-7-5-10-6-8(9-7)3-4-8/h7,9H,2-6H2,1H3. The molecule has 1 aliphatic carbocycles. The van der Waals surface area contributed by atoms with Crippen LogP contribution in [-0.4, -0.2) is 24.8 Å². The lowest BCUT2D eigenvalue weighted by Gasteiger charge is -2.30. The zero-order chi connectivity index (χ0) is 7.03. The van der Waals surface area contributed by atoms with Crippen LogP contribution in [0.5, 0.6) is 0 Å². The van der Waals surface area contributed by atoms with E-state index in [0.29, 0.717) is 11.6 Å². The van der Waals surface area contributed by atoms with Gasteiger partial charge < -0.3 is 10.1 Å². The molecule has 1 saturated heterocycles. The summed E-state index contributed by atoms with van der Waals surface area (Å²) in [5.74, 6) is 0. The van der Waals surface area contributed by atoms with Crippen LogP contribution in [0.2, 0.25) is 0 Å². The minimum absolute atomic E-state index is 0.429. The highest BCUT2D eigenvalue weighted by Gasteiger charge is 2.46. The van der Waals surface area contributed by atoms with Gasteiger partial charge in [-0.25, -0.2) is 0 Å². The number of hydrogen-bond acceptors (Lipinski definition) is 2. The van der Waals surface area contributed by atoms with Gasteiger partial charge in [-0.3, -0.25) is 0 Å². The normalized spacial score (nSPS) is 36.3. The molecule has 0 amide bonds. The van der Waals surface area contributed by atoms with Crippen LogP contribution in [0.1, 0.15) is 26.2 Å². The van der Waals surface area contributed by atoms with Crippen molar-refractivity contribution in [1.82, 2.24) is 5.32 Å². The molecule has 1 heterocycles. The zero-order valence-corrected chi connectivity index (χ0v) is 6.52. The maximum Gasteiger partial charge on any atom is 0.0649 e. The Balaban J connectivity index is 1.91. The summed E-state index contributed by atoms with van der Waals surface area (Å²) in [5.41, 5.74) is 0.429.